The number of aromatic nitrogens is 3. The summed E-state index contributed by atoms with van der Waals surface area (Å²) < 4.78 is 7.39. The Labute approximate surface area is 109 Å². The summed E-state index contributed by atoms with van der Waals surface area (Å²) in [6.07, 6.45) is 1.93. The van der Waals surface area contributed by atoms with Gasteiger partial charge >= 0.3 is 0 Å². The molecule has 0 aliphatic heterocycles. The molecule has 2 aromatic rings. The van der Waals surface area contributed by atoms with Gasteiger partial charge in [-0.2, -0.15) is 0 Å². The van der Waals surface area contributed by atoms with Crippen LogP contribution in [-0.2, 0) is 11.9 Å². The number of ether oxygens (including phenoxy) is 1. The molecule has 0 saturated heterocycles. The van der Waals surface area contributed by atoms with E-state index in [9.17, 15) is 0 Å². The number of hydrogen-bond acceptors (Lipinski definition) is 3. The number of rotatable bonds is 5. The lowest BCUT2D eigenvalue weighted by molar-refractivity contribution is 0.335. The van der Waals surface area contributed by atoms with E-state index >= 15 is 0 Å². The molecule has 0 atom stereocenters. The first-order valence-electron chi connectivity index (χ1n) is 5.49. The minimum absolute atomic E-state index is 0.668. The SMILES string of the molecule is CCOc1ccccc1Cn1cc(CBr)nn1. The molecule has 0 N–H and O–H groups in total. The van der Waals surface area contributed by atoms with Gasteiger partial charge < -0.3 is 4.74 Å². The molecule has 0 unspecified atom stereocenters. The molecule has 1 heterocycles. The Balaban J connectivity index is 2.17. The number of halogens is 1. The van der Waals surface area contributed by atoms with Crippen molar-refractivity contribution in [2.75, 3.05) is 6.61 Å². The van der Waals surface area contributed by atoms with Crippen LogP contribution in [0.25, 0.3) is 0 Å². The highest BCUT2D eigenvalue weighted by Crippen LogP contribution is 2.18. The molecule has 2 rings (SSSR count). The highest BCUT2D eigenvalue weighted by Gasteiger charge is 2.05. The lowest BCUT2D eigenvalue weighted by Crippen LogP contribution is -2.03. The van der Waals surface area contributed by atoms with E-state index in [1.165, 1.54) is 0 Å². The van der Waals surface area contributed by atoms with Gasteiger partial charge in [-0.3, -0.25) is 0 Å². The Morgan fingerprint density at radius 1 is 1.35 bits per heavy atom. The second-order valence-electron chi connectivity index (χ2n) is 3.58. The first kappa shape index (κ1) is 12.1. The van der Waals surface area contributed by atoms with Crippen molar-refractivity contribution in [2.45, 2.75) is 18.8 Å². The number of para-hydroxylation sites is 1. The zero-order valence-corrected chi connectivity index (χ0v) is 11.2. The van der Waals surface area contributed by atoms with Crippen LogP contribution in [-0.4, -0.2) is 21.6 Å². The third-order valence-electron chi connectivity index (χ3n) is 2.33. The largest absolute Gasteiger partial charge is 0.494 e. The number of nitrogens with zero attached hydrogens (tertiary/aromatic N) is 3. The van der Waals surface area contributed by atoms with Crippen LogP contribution in [0.1, 0.15) is 18.2 Å². The highest BCUT2D eigenvalue weighted by molar-refractivity contribution is 9.08. The molecule has 0 radical (unpaired) electrons. The zero-order chi connectivity index (χ0) is 12.1. The average Bonchev–Trinajstić information content (AvgIpc) is 2.80. The van der Waals surface area contributed by atoms with Crippen LogP contribution in [0.4, 0.5) is 0 Å². The molecule has 0 fully saturated rings. The molecular weight excluding hydrogens is 282 g/mol. The van der Waals surface area contributed by atoms with Crippen molar-refractivity contribution in [1.82, 2.24) is 15.0 Å². The Morgan fingerprint density at radius 3 is 2.88 bits per heavy atom. The monoisotopic (exact) mass is 295 g/mol. The van der Waals surface area contributed by atoms with Gasteiger partial charge in [0.2, 0.25) is 0 Å². The summed E-state index contributed by atoms with van der Waals surface area (Å²) in [5, 5.41) is 8.82. The van der Waals surface area contributed by atoms with Gasteiger partial charge in [-0.15, -0.1) is 5.10 Å². The molecule has 0 aliphatic carbocycles. The molecular formula is C12H14BrN3O. The summed E-state index contributed by atoms with van der Waals surface area (Å²) in [6.45, 7) is 3.33. The molecule has 0 amide bonds. The molecule has 0 spiro atoms. The van der Waals surface area contributed by atoms with Crippen molar-refractivity contribution in [2.24, 2.45) is 0 Å². The van der Waals surface area contributed by atoms with Gasteiger partial charge in [0.1, 0.15) is 5.75 Å². The lowest BCUT2D eigenvalue weighted by Gasteiger charge is -2.09. The fourth-order valence-electron chi connectivity index (χ4n) is 1.58. The van der Waals surface area contributed by atoms with Gasteiger partial charge in [0, 0.05) is 17.1 Å². The molecule has 1 aromatic carbocycles. The quantitative estimate of drug-likeness (QED) is 0.796. The maximum absolute atomic E-state index is 5.57. The summed E-state index contributed by atoms with van der Waals surface area (Å²) in [6, 6.07) is 7.99. The summed E-state index contributed by atoms with van der Waals surface area (Å²) in [5.41, 5.74) is 2.04. The summed E-state index contributed by atoms with van der Waals surface area (Å²) >= 11 is 3.36. The summed E-state index contributed by atoms with van der Waals surface area (Å²) in [5.74, 6) is 0.908. The molecule has 0 aliphatic rings. The van der Waals surface area contributed by atoms with Gasteiger partial charge in [0.25, 0.3) is 0 Å². The molecule has 4 nitrogen and oxygen atoms in total. The van der Waals surface area contributed by atoms with Crippen molar-refractivity contribution in [3.63, 3.8) is 0 Å². The van der Waals surface area contributed by atoms with Crippen molar-refractivity contribution in [3.8, 4) is 5.75 Å². The van der Waals surface area contributed by atoms with E-state index in [0.29, 0.717) is 13.2 Å². The third kappa shape index (κ3) is 3.06. The van der Waals surface area contributed by atoms with Crippen LogP contribution >= 0.6 is 15.9 Å². The van der Waals surface area contributed by atoms with Gasteiger partial charge in [0.15, 0.2) is 0 Å². The van der Waals surface area contributed by atoms with Crippen LogP contribution in [0.15, 0.2) is 30.5 Å². The maximum Gasteiger partial charge on any atom is 0.124 e. The van der Waals surface area contributed by atoms with E-state index in [-0.39, 0.29) is 0 Å². The van der Waals surface area contributed by atoms with Crippen molar-refractivity contribution < 1.29 is 4.74 Å². The Kier molecular flexibility index (Phi) is 4.14. The predicted octanol–water partition coefficient (Wildman–Crippen LogP) is 2.62. The Hall–Kier alpha value is -1.36. The summed E-state index contributed by atoms with van der Waals surface area (Å²) in [7, 11) is 0. The van der Waals surface area contributed by atoms with Gasteiger partial charge in [-0.1, -0.05) is 39.3 Å². The van der Waals surface area contributed by atoms with Crippen LogP contribution in [0.2, 0.25) is 0 Å². The molecule has 0 bridgehead atoms. The van der Waals surface area contributed by atoms with Gasteiger partial charge in [-0.05, 0) is 13.0 Å². The van der Waals surface area contributed by atoms with E-state index in [2.05, 4.69) is 26.2 Å². The topological polar surface area (TPSA) is 39.9 Å². The molecule has 17 heavy (non-hydrogen) atoms. The summed E-state index contributed by atoms with van der Waals surface area (Å²) in [4.78, 5) is 0. The van der Waals surface area contributed by atoms with E-state index in [1.54, 1.807) is 0 Å². The number of hydrogen-bond donors (Lipinski definition) is 0. The number of alkyl halides is 1. The van der Waals surface area contributed by atoms with E-state index in [4.69, 9.17) is 4.74 Å². The van der Waals surface area contributed by atoms with Crippen LogP contribution in [0.5, 0.6) is 5.75 Å². The van der Waals surface area contributed by atoms with E-state index in [0.717, 1.165) is 22.3 Å². The van der Waals surface area contributed by atoms with Crippen molar-refractivity contribution in [1.29, 1.82) is 0 Å². The maximum atomic E-state index is 5.57. The van der Waals surface area contributed by atoms with Crippen molar-refractivity contribution in [3.05, 3.63) is 41.7 Å². The van der Waals surface area contributed by atoms with Crippen LogP contribution in [0.3, 0.4) is 0 Å². The van der Waals surface area contributed by atoms with E-state index in [1.807, 2.05) is 42.1 Å². The Morgan fingerprint density at radius 2 is 2.18 bits per heavy atom. The predicted molar refractivity (Wildman–Crippen MR) is 69.4 cm³/mol. The third-order valence-corrected chi connectivity index (χ3v) is 2.90. The zero-order valence-electron chi connectivity index (χ0n) is 9.64. The van der Waals surface area contributed by atoms with Gasteiger partial charge in [0.05, 0.1) is 18.8 Å². The molecule has 1 aromatic heterocycles. The molecule has 0 saturated carbocycles. The second-order valence-corrected chi connectivity index (χ2v) is 4.14. The Bertz CT molecular complexity index is 484. The molecule has 90 valence electrons. The first-order chi connectivity index (χ1) is 8.33. The molecule has 5 heteroatoms. The average molecular weight is 296 g/mol. The number of benzene rings is 1. The van der Waals surface area contributed by atoms with Gasteiger partial charge in [-0.25, -0.2) is 4.68 Å². The minimum Gasteiger partial charge on any atom is -0.494 e. The standard InChI is InChI=1S/C12H14BrN3O/c1-2-17-12-6-4-3-5-10(12)8-16-9-11(7-13)14-15-16/h3-6,9H,2,7-8H2,1H3. The normalized spacial score (nSPS) is 10.5. The highest BCUT2D eigenvalue weighted by atomic mass is 79.9. The first-order valence-corrected chi connectivity index (χ1v) is 6.61. The smallest absolute Gasteiger partial charge is 0.124 e. The van der Waals surface area contributed by atoms with Crippen LogP contribution < -0.4 is 4.74 Å². The minimum atomic E-state index is 0.668. The fourth-order valence-corrected chi connectivity index (χ4v) is 1.84. The fraction of sp³-hybridized carbons (Fsp3) is 0.333. The second kappa shape index (κ2) is 5.82. The lowest BCUT2D eigenvalue weighted by atomic mass is 10.2. The van der Waals surface area contributed by atoms with Crippen molar-refractivity contribution >= 4 is 15.9 Å². The van der Waals surface area contributed by atoms with Crippen LogP contribution in [0, 0.1) is 0 Å². The van der Waals surface area contributed by atoms with E-state index < -0.39 is 0 Å².